The van der Waals surface area contributed by atoms with E-state index < -0.39 is 32.8 Å². The Labute approximate surface area is 151 Å². The standard InChI is InChI=1S/C13H7Br2F4NO3S/c14-7-1-4-12(11(5-7)23-13(17,18)19)24(21,22)20-10-3-2-8(16)6-9(10)15/h1-6,20H. The maximum absolute atomic E-state index is 13.0. The number of hydrogen-bond donors (Lipinski definition) is 1. The van der Waals surface area contributed by atoms with E-state index >= 15 is 0 Å². The highest BCUT2D eigenvalue weighted by Crippen LogP contribution is 2.34. The summed E-state index contributed by atoms with van der Waals surface area (Å²) in [6, 6.07) is 6.20. The number of sulfonamides is 1. The van der Waals surface area contributed by atoms with Crippen molar-refractivity contribution in [2.75, 3.05) is 4.72 Å². The van der Waals surface area contributed by atoms with Gasteiger partial charge in [0, 0.05) is 8.95 Å². The van der Waals surface area contributed by atoms with Gasteiger partial charge in [0.2, 0.25) is 0 Å². The van der Waals surface area contributed by atoms with E-state index in [-0.39, 0.29) is 14.6 Å². The molecule has 1 N–H and O–H groups in total. The molecule has 0 unspecified atom stereocenters. The van der Waals surface area contributed by atoms with Gasteiger partial charge in [-0.3, -0.25) is 4.72 Å². The van der Waals surface area contributed by atoms with E-state index in [1.54, 1.807) is 0 Å². The van der Waals surface area contributed by atoms with E-state index in [4.69, 9.17) is 0 Å². The molecule has 0 fully saturated rings. The summed E-state index contributed by atoms with van der Waals surface area (Å²) in [5.41, 5.74) is -0.0442. The van der Waals surface area contributed by atoms with E-state index in [1.165, 1.54) is 6.07 Å². The van der Waals surface area contributed by atoms with Gasteiger partial charge in [-0.1, -0.05) is 15.9 Å². The van der Waals surface area contributed by atoms with Crippen LogP contribution in [0.4, 0.5) is 23.2 Å². The van der Waals surface area contributed by atoms with Crippen LogP contribution in [0.1, 0.15) is 0 Å². The minimum atomic E-state index is -5.07. The van der Waals surface area contributed by atoms with Gasteiger partial charge in [-0.2, -0.15) is 0 Å². The van der Waals surface area contributed by atoms with Crippen LogP contribution < -0.4 is 9.46 Å². The molecule has 2 rings (SSSR count). The van der Waals surface area contributed by atoms with Gasteiger partial charge < -0.3 is 4.74 Å². The molecule has 2 aromatic rings. The Morgan fingerprint density at radius 2 is 1.71 bits per heavy atom. The van der Waals surface area contributed by atoms with Crippen LogP contribution in [0, 0.1) is 5.82 Å². The maximum Gasteiger partial charge on any atom is 0.573 e. The fourth-order valence-corrected chi connectivity index (χ4v) is 3.79. The summed E-state index contributed by atoms with van der Waals surface area (Å²) in [4.78, 5) is -0.723. The van der Waals surface area contributed by atoms with Crippen LogP contribution in [0.2, 0.25) is 0 Å². The smallest absolute Gasteiger partial charge is 0.404 e. The van der Waals surface area contributed by atoms with Crippen molar-refractivity contribution in [2.45, 2.75) is 11.3 Å². The predicted octanol–water partition coefficient (Wildman–Crippen LogP) is 5.05. The van der Waals surface area contributed by atoms with Gasteiger partial charge in [-0.15, -0.1) is 13.2 Å². The third-order valence-corrected chi connectivity index (χ3v) is 5.15. The molecular formula is C13H7Br2F4NO3S. The van der Waals surface area contributed by atoms with Gasteiger partial charge in [-0.25, -0.2) is 12.8 Å². The van der Waals surface area contributed by atoms with Gasteiger partial charge in [0.25, 0.3) is 10.0 Å². The summed E-state index contributed by atoms with van der Waals surface area (Å²) in [5, 5.41) is 0. The second kappa shape index (κ2) is 6.89. The van der Waals surface area contributed by atoms with Crippen LogP contribution in [0.3, 0.4) is 0 Å². The molecule has 2 aromatic carbocycles. The molecule has 0 amide bonds. The predicted molar refractivity (Wildman–Crippen MR) is 85.7 cm³/mol. The second-order valence-electron chi connectivity index (χ2n) is 4.37. The first-order chi connectivity index (χ1) is 11.0. The molecule has 0 radical (unpaired) electrons. The van der Waals surface area contributed by atoms with Crippen LogP contribution in [-0.4, -0.2) is 14.8 Å². The Kier molecular flexibility index (Phi) is 5.45. The average molecular weight is 493 g/mol. The molecule has 0 bridgehead atoms. The molecule has 0 spiro atoms. The molecule has 0 saturated heterocycles. The van der Waals surface area contributed by atoms with E-state index in [0.29, 0.717) is 0 Å². The van der Waals surface area contributed by atoms with Crippen molar-refractivity contribution in [3.05, 3.63) is 51.2 Å². The second-order valence-corrected chi connectivity index (χ2v) is 7.79. The molecule has 0 aliphatic rings. The van der Waals surface area contributed by atoms with Crippen molar-refractivity contribution in [2.24, 2.45) is 0 Å². The third kappa shape index (κ3) is 4.84. The average Bonchev–Trinajstić information content (AvgIpc) is 2.40. The third-order valence-electron chi connectivity index (χ3n) is 2.60. The van der Waals surface area contributed by atoms with Crippen LogP contribution in [0.5, 0.6) is 5.75 Å². The van der Waals surface area contributed by atoms with Gasteiger partial charge in [-0.05, 0) is 52.3 Å². The first kappa shape index (κ1) is 19.0. The Balaban J connectivity index is 2.45. The van der Waals surface area contributed by atoms with Crippen LogP contribution >= 0.6 is 31.9 Å². The number of alkyl halides is 3. The lowest BCUT2D eigenvalue weighted by Gasteiger charge is -2.15. The molecule has 0 aromatic heterocycles. The summed E-state index contributed by atoms with van der Waals surface area (Å²) >= 11 is 5.91. The zero-order valence-electron chi connectivity index (χ0n) is 11.4. The van der Waals surface area contributed by atoms with Crippen molar-refractivity contribution in [1.29, 1.82) is 0 Å². The monoisotopic (exact) mass is 491 g/mol. The number of ether oxygens (including phenoxy) is 1. The molecule has 4 nitrogen and oxygen atoms in total. The minimum Gasteiger partial charge on any atom is -0.404 e. The van der Waals surface area contributed by atoms with E-state index in [9.17, 15) is 26.0 Å². The molecule has 0 atom stereocenters. The summed E-state index contributed by atoms with van der Waals surface area (Å²) in [6.07, 6.45) is -5.07. The zero-order valence-corrected chi connectivity index (χ0v) is 15.4. The molecule has 0 aliphatic heterocycles. The van der Waals surface area contributed by atoms with Gasteiger partial charge in [0.05, 0.1) is 5.69 Å². The van der Waals surface area contributed by atoms with Crippen molar-refractivity contribution in [3.63, 3.8) is 0 Å². The fourth-order valence-electron chi connectivity index (χ4n) is 1.68. The summed E-state index contributed by atoms with van der Waals surface area (Å²) in [7, 11) is -4.42. The van der Waals surface area contributed by atoms with Gasteiger partial charge in [0.1, 0.15) is 10.7 Å². The number of benzene rings is 2. The lowest BCUT2D eigenvalue weighted by molar-refractivity contribution is -0.275. The first-order valence-electron chi connectivity index (χ1n) is 6.01. The Morgan fingerprint density at radius 3 is 2.29 bits per heavy atom. The Morgan fingerprint density at radius 1 is 1.04 bits per heavy atom. The summed E-state index contributed by atoms with van der Waals surface area (Å²) in [5.74, 6) is -1.52. The van der Waals surface area contributed by atoms with Crippen LogP contribution in [0.25, 0.3) is 0 Å². The summed E-state index contributed by atoms with van der Waals surface area (Å²) < 4.78 is 81.3. The number of rotatable bonds is 4. The van der Waals surface area contributed by atoms with Crippen LogP contribution in [-0.2, 0) is 10.0 Å². The highest BCUT2D eigenvalue weighted by Gasteiger charge is 2.34. The number of nitrogens with one attached hydrogen (secondary N) is 1. The lowest BCUT2D eigenvalue weighted by atomic mass is 10.3. The van der Waals surface area contributed by atoms with Crippen LogP contribution in [0.15, 0.2) is 50.2 Å². The highest BCUT2D eigenvalue weighted by atomic mass is 79.9. The lowest BCUT2D eigenvalue weighted by Crippen LogP contribution is -2.21. The van der Waals surface area contributed by atoms with E-state index in [2.05, 4.69) is 41.3 Å². The van der Waals surface area contributed by atoms with Gasteiger partial charge in [0.15, 0.2) is 5.75 Å². The largest absolute Gasteiger partial charge is 0.573 e. The van der Waals surface area contributed by atoms with Crippen molar-refractivity contribution < 1.29 is 30.7 Å². The fraction of sp³-hybridized carbons (Fsp3) is 0.0769. The quantitative estimate of drug-likeness (QED) is 0.607. The molecule has 24 heavy (non-hydrogen) atoms. The normalized spacial score (nSPS) is 12.1. The maximum atomic E-state index is 13.0. The minimum absolute atomic E-state index is 0.0442. The molecule has 0 heterocycles. The summed E-state index contributed by atoms with van der Waals surface area (Å²) in [6.45, 7) is 0. The zero-order chi connectivity index (χ0) is 18.1. The highest BCUT2D eigenvalue weighted by molar-refractivity contribution is 9.10. The van der Waals surface area contributed by atoms with E-state index in [0.717, 1.165) is 30.3 Å². The molecular weight excluding hydrogens is 486 g/mol. The van der Waals surface area contributed by atoms with Crippen molar-refractivity contribution in [1.82, 2.24) is 0 Å². The molecule has 0 aliphatic carbocycles. The molecule has 130 valence electrons. The van der Waals surface area contributed by atoms with Gasteiger partial charge >= 0.3 is 6.36 Å². The van der Waals surface area contributed by atoms with Crippen molar-refractivity contribution >= 4 is 47.6 Å². The first-order valence-corrected chi connectivity index (χ1v) is 9.08. The topological polar surface area (TPSA) is 55.4 Å². The SMILES string of the molecule is O=S(=O)(Nc1ccc(F)cc1Br)c1ccc(Br)cc1OC(F)(F)F. The number of hydrogen-bond acceptors (Lipinski definition) is 3. The Bertz CT molecular complexity index is 872. The molecule has 11 heteroatoms. The number of anilines is 1. The molecule has 0 saturated carbocycles. The number of halogens is 6. The van der Waals surface area contributed by atoms with Crippen molar-refractivity contribution in [3.8, 4) is 5.75 Å². The Hall–Kier alpha value is -1.33. The van der Waals surface area contributed by atoms with E-state index in [1.807, 2.05) is 0 Å².